The zero-order valence-corrected chi connectivity index (χ0v) is 19.2. The van der Waals surface area contributed by atoms with Gasteiger partial charge in [-0.05, 0) is 66.5 Å². The Morgan fingerprint density at radius 3 is 2.18 bits per heavy atom. The molecule has 1 atom stereocenters. The molecule has 3 amide bonds. The predicted octanol–water partition coefficient (Wildman–Crippen LogP) is 5.87. The van der Waals surface area contributed by atoms with Crippen molar-refractivity contribution in [2.75, 3.05) is 5.32 Å². The van der Waals surface area contributed by atoms with Crippen LogP contribution < -0.4 is 10.6 Å². The third kappa shape index (κ3) is 5.13. The number of anilines is 1. The van der Waals surface area contributed by atoms with Gasteiger partial charge in [-0.25, -0.2) is 4.79 Å². The first-order chi connectivity index (χ1) is 16.2. The maximum Gasteiger partial charge on any atom is 0.322 e. The number of nitrogens with zero attached hydrogens (tertiary/aromatic N) is 1. The Morgan fingerprint density at radius 2 is 1.55 bits per heavy atom. The smallest absolute Gasteiger partial charge is 0.322 e. The largest absolute Gasteiger partial charge is 0.353 e. The van der Waals surface area contributed by atoms with E-state index in [4.69, 9.17) is 0 Å². The van der Waals surface area contributed by atoms with Crippen LogP contribution in [0.3, 0.4) is 0 Å². The monoisotopic (exact) mass is 443 g/mol. The van der Waals surface area contributed by atoms with Crippen molar-refractivity contribution in [3.63, 3.8) is 0 Å². The lowest BCUT2D eigenvalue weighted by Crippen LogP contribution is -2.40. The molecule has 1 fully saturated rings. The Hall–Kier alpha value is -3.08. The van der Waals surface area contributed by atoms with Crippen LogP contribution in [0.5, 0.6) is 0 Å². The van der Waals surface area contributed by atoms with Crippen LogP contribution in [0.4, 0.5) is 10.5 Å². The van der Waals surface area contributed by atoms with Crippen molar-refractivity contribution in [1.82, 2.24) is 10.2 Å². The van der Waals surface area contributed by atoms with Gasteiger partial charge >= 0.3 is 6.03 Å². The van der Waals surface area contributed by atoms with Crippen LogP contribution in [0.2, 0.25) is 0 Å². The summed E-state index contributed by atoms with van der Waals surface area (Å²) in [5.41, 5.74) is 5.78. The minimum atomic E-state index is -0.0626. The normalized spacial score (nSPS) is 20.7. The molecule has 2 aromatic carbocycles. The topological polar surface area (TPSA) is 61.4 Å². The highest BCUT2D eigenvalue weighted by Crippen LogP contribution is 2.30. The van der Waals surface area contributed by atoms with Gasteiger partial charge in [0.25, 0.3) is 0 Å². The van der Waals surface area contributed by atoms with Gasteiger partial charge in [-0.15, -0.1) is 0 Å². The molecule has 2 N–H and O–H groups in total. The van der Waals surface area contributed by atoms with Gasteiger partial charge in [-0.1, -0.05) is 61.7 Å². The number of nitrogens with one attached hydrogen (secondary N) is 2. The molecule has 172 valence electrons. The van der Waals surface area contributed by atoms with E-state index in [1.165, 1.54) is 41.5 Å². The Kier molecular flexibility index (Phi) is 6.47. The number of amides is 3. The number of fused-ring (bicyclic) bond motifs is 1. The van der Waals surface area contributed by atoms with Crippen LogP contribution in [0.25, 0.3) is 5.57 Å². The molecule has 3 aliphatic rings. The zero-order valence-electron chi connectivity index (χ0n) is 19.2. The summed E-state index contributed by atoms with van der Waals surface area (Å²) in [6.07, 6.45) is 10.9. The van der Waals surface area contributed by atoms with Crippen molar-refractivity contribution in [3.05, 3.63) is 71.3 Å². The number of rotatable bonds is 4. The van der Waals surface area contributed by atoms with Gasteiger partial charge < -0.3 is 15.5 Å². The van der Waals surface area contributed by atoms with E-state index >= 15 is 0 Å². The zero-order chi connectivity index (χ0) is 22.6. The van der Waals surface area contributed by atoms with Crippen molar-refractivity contribution in [2.24, 2.45) is 5.92 Å². The Morgan fingerprint density at radius 1 is 0.848 bits per heavy atom. The van der Waals surface area contributed by atoms with Gasteiger partial charge in [-0.2, -0.15) is 0 Å². The van der Waals surface area contributed by atoms with Crippen LogP contribution in [-0.4, -0.2) is 22.9 Å². The molecule has 0 aromatic heterocycles. The summed E-state index contributed by atoms with van der Waals surface area (Å²) in [7, 11) is 0. The van der Waals surface area contributed by atoms with Crippen LogP contribution in [0, 0.1) is 5.92 Å². The Labute approximate surface area is 196 Å². The number of hydrogen-bond donors (Lipinski definition) is 2. The highest BCUT2D eigenvalue weighted by Gasteiger charge is 2.25. The fourth-order valence-corrected chi connectivity index (χ4v) is 5.36. The van der Waals surface area contributed by atoms with Crippen molar-refractivity contribution < 1.29 is 9.59 Å². The van der Waals surface area contributed by atoms with E-state index in [-0.39, 0.29) is 23.9 Å². The molecule has 0 spiro atoms. The quantitative estimate of drug-likeness (QED) is 0.621. The molecule has 33 heavy (non-hydrogen) atoms. The standard InChI is InChI=1S/C28H33N3O2/c32-27(22-6-2-1-3-7-22)29-25-14-10-20(11-15-25)21-12-16-26(17-13-21)30-28(33)31-18-23-8-4-5-9-24(23)19-31/h4-5,8-10,12-13,16-17,22,25H,1-3,6-7,11,14-15,18-19H2,(H,29,32)(H,30,33). The maximum absolute atomic E-state index is 12.7. The van der Waals surface area contributed by atoms with Crippen LogP contribution in [0.15, 0.2) is 54.6 Å². The van der Waals surface area contributed by atoms with Crippen LogP contribution >= 0.6 is 0 Å². The maximum atomic E-state index is 12.7. The lowest BCUT2D eigenvalue weighted by Gasteiger charge is -2.27. The molecule has 2 aliphatic carbocycles. The van der Waals surface area contributed by atoms with Gasteiger partial charge in [0.05, 0.1) is 0 Å². The Bertz CT molecular complexity index is 1010. The van der Waals surface area contributed by atoms with Gasteiger partial charge in [-0.3, -0.25) is 4.79 Å². The van der Waals surface area contributed by atoms with E-state index in [1.54, 1.807) is 0 Å². The molecular formula is C28H33N3O2. The van der Waals surface area contributed by atoms with Gasteiger partial charge in [0, 0.05) is 30.7 Å². The second kappa shape index (κ2) is 9.82. The lowest BCUT2D eigenvalue weighted by atomic mass is 9.87. The van der Waals surface area contributed by atoms with Gasteiger partial charge in [0.15, 0.2) is 0 Å². The first kappa shape index (κ1) is 21.7. The molecule has 0 saturated heterocycles. The van der Waals surface area contributed by atoms with E-state index < -0.39 is 0 Å². The molecule has 0 radical (unpaired) electrons. The molecule has 2 aromatic rings. The molecule has 1 unspecified atom stereocenters. The summed E-state index contributed by atoms with van der Waals surface area (Å²) in [5, 5.41) is 6.32. The van der Waals surface area contributed by atoms with E-state index in [1.807, 2.05) is 29.2 Å². The summed E-state index contributed by atoms with van der Waals surface area (Å²) in [5.74, 6) is 0.486. The molecule has 1 saturated carbocycles. The third-order valence-corrected chi connectivity index (χ3v) is 7.37. The number of benzene rings is 2. The molecule has 5 heteroatoms. The van der Waals surface area contributed by atoms with Crippen molar-refractivity contribution in [3.8, 4) is 0 Å². The summed E-state index contributed by atoms with van der Waals surface area (Å²) in [6.45, 7) is 1.32. The summed E-state index contributed by atoms with van der Waals surface area (Å²) in [4.78, 5) is 27.0. The van der Waals surface area contributed by atoms with Crippen molar-refractivity contribution in [1.29, 1.82) is 0 Å². The number of carbonyl (C=O) groups excluding carboxylic acids is 2. The van der Waals surface area contributed by atoms with Crippen molar-refractivity contribution in [2.45, 2.75) is 70.5 Å². The summed E-state index contributed by atoms with van der Waals surface area (Å²) in [6, 6.07) is 16.5. The fourth-order valence-electron chi connectivity index (χ4n) is 5.36. The number of carbonyl (C=O) groups is 2. The summed E-state index contributed by atoms with van der Waals surface area (Å²) < 4.78 is 0. The molecule has 5 nitrogen and oxygen atoms in total. The van der Waals surface area contributed by atoms with E-state index in [0.29, 0.717) is 13.1 Å². The second-order valence-corrected chi connectivity index (χ2v) is 9.68. The average molecular weight is 444 g/mol. The Balaban J connectivity index is 1.12. The first-order valence-corrected chi connectivity index (χ1v) is 12.4. The molecule has 1 aliphatic heterocycles. The highest BCUT2D eigenvalue weighted by molar-refractivity contribution is 5.90. The molecular weight excluding hydrogens is 410 g/mol. The minimum Gasteiger partial charge on any atom is -0.353 e. The fraction of sp³-hybridized carbons (Fsp3) is 0.429. The van der Waals surface area contributed by atoms with Crippen LogP contribution in [0.1, 0.15) is 68.1 Å². The van der Waals surface area contributed by atoms with Gasteiger partial charge in [0.1, 0.15) is 0 Å². The van der Waals surface area contributed by atoms with Gasteiger partial charge in [0.2, 0.25) is 5.91 Å². The SMILES string of the molecule is O=C(NC1CC=C(c2ccc(NC(=O)N3Cc4ccccc4C3)cc2)CC1)C1CCCCC1. The molecule has 5 rings (SSSR count). The van der Waals surface area contributed by atoms with E-state index in [2.05, 4.69) is 41.0 Å². The number of hydrogen-bond acceptors (Lipinski definition) is 2. The van der Waals surface area contributed by atoms with Crippen molar-refractivity contribution >= 4 is 23.2 Å². The number of allylic oxidation sites excluding steroid dienone is 1. The predicted molar refractivity (Wildman–Crippen MR) is 131 cm³/mol. The highest BCUT2D eigenvalue weighted by atomic mass is 16.2. The van der Waals surface area contributed by atoms with Crippen LogP contribution in [-0.2, 0) is 17.9 Å². The minimum absolute atomic E-state index is 0.0626. The van der Waals surface area contributed by atoms with E-state index in [9.17, 15) is 9.59 Å². The number of urea groups is 1. The summed E-state index contributed by atoms with van der Waals surface area (Å²) >= 11 is 0. The molecule has 1 heterocycles. The average Bonchev–Trinajstić information content (AvgIpc) is 3.30. The first-order valence-electron chi connectivity index (χ1n) is 12.4. The second-order valence-electron chi connectivity index (χ2n) is 9.68. The third-order valence-electron chi connectivity index (χ3n) is 7.37. The van der Waals surface area contributed by atoms with E-state index in [0.717, 1.165) is 37.8 Å². The lowest BCUT2D eigenvalue weighted by molar-refractivity contribution is -0.126. The molecule has 0 bridgehead atoms.